The second-order valence-corrected chi connectivity index (χ2v) is 5.79. The van der Waals surface area contributed by atoms with Crippen molar-refractivity contribution in [2.24, 2.45) is 5.73 Å². The fourth-order valence-corrected chi connectivity index (χ4v) is 2.88. The molecular formula is C17H17ClN2O. The standard InChI is InChI=1S/C17H17ClN2O/c18-14-5-1-4-12(10-14)17(19)13-7-8-15-11(9-13)3-2-6-16(21)20-15/h1,4-5,7-10,17H,2-3,6,19H2,(H,20,21). The van der Waals surface area contributed by atoms with Gasteiger partial charge in [0, 0.05) is 17.1 Å². The number of fused-ring (bicyclic) bond motifs is 1. The SMILES string of the molecule is NC(c1cccc(Cl)c1)c1ccc2c(c1)CCCC(=O)N2. The maximum Gasteiger partial charge on any atom is 0.224 e. The van der Waals surface area contributed by atoms with Crippen molar-refractivity contribution in [3.8, 4) is 0 Å². The minimum Gasteiger partial charge on any atom is -0.326 e. The summed E-state index contributed by atoms with van der Waals surface area (Å²) in [6.07, 6.45) is 2.34. The summed E-state index contributed by atoms with van der Waals surface area (Å²) in [5, 5.41) is 3.62. The van der Waals surface area contributed by atoms with E-state index in [2.05, 4.69) is 11.4 Å². The molecule has 0 saturated carbocycles. The highest BCUT2D eigenvalue weighted by Gasteiger charge is 2.16. The first-order chi connectivity index (χ1) is 10.1. The van der Waals surface area contributed by atoms with Crippen molar-refractivity contribution in [1.29, 1.82) is 0 Å². The number of hydrogen-bond acceptors (Lipinski definition) is 2. The quantitative estimate of drug-likeness (QED) is 0.889. The molecule has 3 nitrogen and oxygen atoms in total. The second kappa shape index (κ2) is 5.88. The van der Waals surface area contributed by atoms with E-state index in [1.54, 1.807) is 0 Å². The summed E-state index contributed by atoms with van der Waals surface area (Å²) in [6.45, 7) is 0. The van der Waals surface area contributed by atoms with Gasteiger partial charge in [-0.15, -0.1) is 0 Å². The van der Waals surface area contributed by atoms with Gasteiger partial charge in [-0.1, -0.05) is 35.9 Å². The molecule has 0 radical (unpaired) electrons. The number of carbonyl (C=O) groups excluding carboxylic acids is 1. The van der Waals surface area contributed by atoms with Gasteiger partial charge >= 0.3 is 0 Å². The van der Waals surface area contributed by atoms with Crippen molar-refractivity contribution in [2.75, 3.05) is 5.32 Å². The number of benzene rings is 2. The molecule has 1 aliphatic rings. The molecule has 4 heteroatoms. The number of hydrogen-bond donors (Lipinski definition) is 2. The molecule has 0 aromatic heterocycles. The molecule has 1 aliphatic heterocycles. The Kier molecular flexibility index (Phi) is 3.95. The number of anilines is 1. The molecule has 3 rings (SSSR count). The van der Waals surface area contributed by atoms with Gasteiger partial charge in [0.2, 0.25) is 5.91 Å². The normalized spacial score (nSPS) is 15.8. The van der Waals surface area contributed by atoms with E-state index in [1.807, 2.05) is 36.4 Å². The highest BCUT2D eigenvalue weighted by molar-refractivity contribution is 6.30. The van der Waals surface area contributed by atoms with Crippen LogP contribution in [0.5, 0.6) is 0 Å². The Morgan fingerprint density at radius 2 is 1.90 bits per heavy atom. The maximum atomic E-state index is 11.6. The van der Waals surface area contributed by atoms with E-state index in [9.17, 15) is 4.79 Å². The number of nitrogens with one attached hydrogen (secondary N) is 1. The Hall–Kier alpha value is -1.84. The van der Waals surface area contributed by atoms with Gasteiger partial charge < -0.3 is 11.1 Å². The van der Waals surface area contributed by atoms with E-state index in [0.29, 0.717) is 11.4 Å². The van der Waals surface area contributed by atoms with Crippen molar-refractivity contribution >= 4 is 23.2 Å². The lowest BCUT2D eigenvalue weighted by Crippen LogP contribution is -2.13. The van der Waals surface area contributed by atoms with Crippen LogP contribution >= 0.6 is 11.6 Å². The average molecular weight is 301 g/mol. The van der Waals surface area contributed by atoms with E-state index in [0.717, 1.165) is 35.2 Å². The Labute approximate surface area is 129 Å². The van der Waals surface area contributed by atoms with Gasteiger partial charge in [0.1, 0.15) is 0 Å². The van der Waals surface area contributed by atoms with Crippen LogP contribution in [0, 0.1) is 0 Å². The molecule has 0 fully saturated rings. The van der Waals surface area contributed by atoms with E-state index >= 15 is 0 Å². The van der Waals surface area contributed by atoms with Crippen molar-refractivity contribution in [3.63, 3.8) is 0 Å². The zero-order valence-corrected chi connectivity index (χ0v) is 12.4. The number of nitrogens with two attached hydrogens (primary N) is 1. The van der Waals surface area contributed by atoms with E-state index in [1.165, 1.54) is 0 Å². The molecule has 0 saturated heterocycles. The highest BCUT2D eigenvalue weighted by atomic mass is 35.5. The van der Waals surface area contributed by atoms with E-state index < -0.39 is 0 Å². The third-order valence-corrected chi connectivity index (χ3v) is 4.06. The number of aryl methyl sites for hydroxylation is 1. The first-order valence-corrected chi connectivity index (χ1v) is 7.45. The predicted octanol–water partition coefficient (Wildman–Crippen LogP) is 3.66. The first kappa shape index (κ1) is 14.1. The Balaban J connectivity index is 1.93. The van der Waals surface area contributed by atoms with Crippen molar-refractivity contribution in [3.05, 3.63) is 64.2 Å². The lowest BCUT2D eigenvalue weighted by molar-refractivity contribution is -0.116. The molecule has 2 aromatic carbocycles. The predicted molar refractivity (Wildman–Crippen MR) is 85.5 cm³/mol. The monoisotopic (exact) mass is 300 g/mol. The van der Waals surface area contributed by atoms with Gasteiger partial charge in [0.15, 0.2) is 0 Å². The summed E-state index contributed by atoms with van der Waals surface area (Å²) in [5.41, 5.74) is 10.4. The molecular weight excluding hydrogens is 284 g/mol. The average Bonchev–Trinajstić information content (AvgIpc) is 2.66. The van der Waals surface area contributed by atoms with Crippen molar-refractivity contribution < 1.29 is 4.79 Å². The van der Waals surface area contributed by atoms with Crippen LogP contribution < -0.4 is 11.1 Å². The molecule has 1 atom stereocenters. The molecule has 3 N–H and O–H groups in total. The fourth-order valence-electron chi connectivity index (χ4n) is 2.68. The minimum atomic E-state index is -0.215. The topological polar surface area (TPSA) is 55.1 Å². The molecule has 0 bridgehead atoms. The zero-order chi connectivity index (χ0) is 14.8. The number of amides is 1. The van der Waals surface area contributed by atoms with Gasteiger partial charge in [-0.25, -0.2) is 0 Å². The van der Waals surface area contributed by atoms with Gasteiger partial charge in [-0.3, -0.25) is 4.79 Å². The number of carbonyl (C=O) groups is 1. The summed E-state index contributed by atoms with van der Waals surface area (Å²) in [4.78, 5) is 11.6. The Morgan fingerprint density at radius 3 is 2.71 bits per heavy atom. The lowest BCUT2D eigenvalue weighted by atomic mass is 9.96. The van der Waals surface area contributed by atoms with Crippen LogP contribution in [0.1, 0.15) is 35.6 Å². The van der Waals surface area contributed by atoms with Gasteiger partial charge in [0.25, 0.3) is 0 Å². The van der Waals surface area contributed by atoms with Crippen LogP contribution in [0.15, 0.2) is 42.5 Å². The Bertz CT molecular complexity index is 684. The lowest BCUT2D eigenvalue weighted by Gasteiger charge is -2.16. The van der Waals surface area contributed by atoms with Gasteiger partial charge in [-0.2, -0.15) is 0 Å². The summed E-state index contributed by atoms with van der Waals surface area (Å²) < 4.78 is 0. The van der Waals surface area contributed by atoms with Crippen molar-refractivity contribution in [1.82, 2.24) is 0 Å². The summed E-state index contributed by atoms with van der Waals surface area (Å²) in [7, 11) is 0. The van der Waals surface area contributed by atoms with Crippen LogP contribution in [0.4, 0.5) is 5.69 Å². The Morgan fingerprint density at radius 1 is 1.10 bits per heavy atom. The largest absolute Gasteiger partial charge is 0.326 e. The second-order valence-electron chi connectivity index (χ2n) is 5.35. The summed E-state index contributed by atoms with van der Waals surface area (Å²) in [5.74, 6) is 0.0839. The van der Waals surface area contributed by atoms with Crippen molar-refractivity contribution in [2.45, 2.75) is 25.3 Å². The van der Waals surface area contributed by atoms with Crippen LogP contribution in [0.3, 0.4) is 0 Å². The van der Waals surface area contributed by atoms with Crippen LogP contribution in [0.2, 0.25) is 5.02 Å². The van der Waals surface area contributed by atoms with E-state index in [-0.39, 0.29) is 11.9 Å². The summed E-state index contributed by atoms with van der Waals surface area (Å²) >= 11 is 6.03. The first-order valence-electron chi connectivity index (χ1n) is 7.07. The number of rotatable bonds is 2. The summed E-state index contributed by atoms with van der Waals surface area (Å²) in [6, 6.07) is 13.4. The van der Waals surface area contributed by atoms with Crippen LogP contribution in [0.25, 0.3) is 0 Å². The highest BCUT2D eigenvalue weighted by Crippen LogP contribution is 2.28. The maximum absolute atomic E-state index is 11.6. The van der Waals surface area contributed by atoms with E-state index in [4.69, 9.17) is 17.3 Å². The minimum absolute atomic E-state index is 0.0839. The third-order valence-electron chi connectivity index (χ3n) is 3.82. The molecule has 0 spiro atoms. The molecule has 21 heavy (non-hydrogen) atoms. The zero-order valence-electron chi connectivity index (χ0n) is 11.6. The molecule has 2 aromatic rings. The van der Waals surface area contributed by atoms with Gasteiger partial charge in [0.05, 0.1) is 6.04 Å². The van der Waals surface area contributed by atoms with Gasteiger partial charge in [-0.05, 0) is 47.7 Å². The molecule has 1 heterocycles. The third kappa shape index (κ3) is 3.09. The molecule has 0 aliphatic carbocycles. The number of halogens is 1. The van der Waals surface area contributed by atoms with Crippen LogP contribution in [-0.2, 0) is 11.2 Å². The molecule has 108 valence electrons. The fraction of sp³-hybridized carbons (Fsp3) is 0.235. The molecule has 1 amide bonds. The molecule has 1 unspecified atom stereocenters. The van der Waals surface area contributed by atoms with Crippen LogP contribution in [-0.4, -0.2) is 5.91 Å². The smallest absolute Gasteiger partial charge is 0.224 e.